The van der Waals surface area contributed by atoms with Gasteiger partial charge in [-0.2, -0.15) is 4.31 Å². The van der Waals surface area contributed by atoms with Gasteiger partial charge in [0.15, 0.2) is 0 Å². The van der Waals surface area contributed by atoms with Gasteiger partial charge in [-0.15, -0.1) is 0 Å². The Kier molecular flexibility index (Phi) is 6.86. The predicted molar refractivity (Wildman–Crippen MR) is 103 cm³/mol. The van der Waals surface area contributed by atoms with Gasteiger partial charge in [0.2, 0.25) is 15.9 Å². The molecule has 2 aliphatic rings. The summed E-state index contributed by atoms with van der Waals surface area (Å²) >= 11 is 0. The first-order valence-corrected chi connectivity index (χ1v) is 11.1. The molecule has 3 N–H and O–H groups in total. The van der Waals surface area contributed by atoms with Crippen molar-refractivity contribution in [3.63, 3.8) is 0 Å². The lowest BCUT2D eigenvalue weighted by molar-refractivity contribution is -0.122. The standard InChI is InChI=1S/C19H29N3O4S/c20-16-4-6-17(7-5-16)21-19(23)10-3-15-1-8-18(9-2-15)27(24,25)22-11-13-26-14-12-22/h1-2,8-9,16-17H,3-7,10-14,20H2,(H,21,23). The van der Waals surface area contributed by atoms with Crippen LogP contribution in [0.2, 0.25) is 0 Å². The highest BCUT2D eigenvalue weighted by Gasteiger charge is 2.26. The lowest BCUT2D eigenvalue weighted by Crippen LogP contribution is -2.40. The molecular weight excluding hydrogens is 366 g/mol. The molecule has 1 saturated carbocycles. The molecule has 0 aromatic heterocycles. The summed E-state index contributed by atoms with van der Waals surface area (Å²) in [5.74, 6) is 0.0421. The van der Waals surface area contributed by atoms with Gasteiger partial charge in [-0.3, -0.25) is 4.79 Å². The van der Waals surface area contributed by atoms with E-state index < -0.39 is 10.0 Å². The van der Waals surface area contributed by atoms with E-state index in [1.165, 1.54) is 4.31 Å². The Morgan fingerprint density at radius 1 is 1.11 bits per heavy atom. The normalized spacial score (nSPS) is 24.5. The zero-order valence-electron chi connectivity index (χ0n) is 15.6. The lowest BCUT2D eigenvalue weighted by Gasteiger charge is -2.26. The summed E-state index contributed by atoms with van der Waals surface area (Å²) in [5, 5.41) is 3.08. The summed E-state index contributed by atoms with van der Waals surface area (Å²) in [6, 6.07) is 7.34. The minimum Gasteiger partial charge on any atom is -0.379 e. The van der Waals surface area contributed by atoms with Crippen LogP contribution in [0.25, 0.3) is 0 Å². The second-order valence-electron chi connectivity index (χ2n) is 7.34. The molecule has 8 heteroatoms. The fourth-order valence-corrected chi connectivity index (χ4v) is 4.99. The van der Waals surface area contributed by atoms with Crippen molar-refractivity contribution in [2.24, 2.45) is 5.73 Å². The molecule has 7 nitrogen and oxygen atoms in total. The van der Waals surface area contributed by atoms with Crippen LogP contribution in [-0.2, 0) is 26.0 Å². The number of aryl methyl sites for hydroxylation is 1. The maximum Gasteiger partial charge on any atom is 0.243 e. The monoisotopic (exact) mass is 395 g/mol. The van der Waals surface area contributed by atoms with E-state index in [0.717, 1.165) is 31.2 Å². The van der Waals surface area contributed by atoms with Crippen molar-refractivity contribution in [2.45, 2.75) is 55.5 Å². The number of ether oxygens (including phenoxy) is 1. The number of hydrogen-bond acceptors (Lipinski definition) is 5. The van der Waals surface area contributed by atoms with Gasteiger partial charge in [0.05, 0.1) is 18.1 Å². The largest absolute Gasteiger partial charge is 0.379 e. The van der Waals surface area contributed by atoms with E-state index in [9.17, 15) is 13.2 Å². The van der Waals surface area contributed by atoms with Gasteiger partial charge in [-0.1, -0.05) is 12.1 Å². The van der Waals surface area contributed by atoms with Crippen LogP contribution in [0.4, 0.5) is 0 Å². The average Bonchev–Trinajstić information content (AvgIpc) is 2.69. The molecule has 1 aromatic rings. The van der Waals surface area contributed by atoms with Crippen LogP contribution >= 0.6 is 0 Å². The lowest BCUT2D eigenvalue weighted by atomic mass is 9.92. The topological polar surface area (TPSA) is 102 Å². The van der Waals surface area contributed by atoms with Gasteiger partial charge in [0.25, 0.3) is 0 Å². The maximum absolute atomic E-state index is 12.6. The van der Waals surface area contributed by atoms with Gasteiger partial charge in [-0.05, 0) is 49.8 Å². The van der Waals surface area contributed by atoms with Crippen LogP contribution in [0.3, 0.4) is 0 Å². The van der Waals surface area contributed by atoms with E-state index in [1.54, 1.807) is 24.3 Å². The number of benzene rings is 1. The van der Waals surface area contributed by atoms with Crippen molar-refractivity contribution in [2.75, 3.05) is 26.3 Å². The maximum atomic E-state index is 12.6. The van der Waals surface area contributed by atoms with Crippen molar-refractivity contribution in [1.29, 1.82) is 0 Å². The summed E-state index contributed by atoms with van der Waals surface area (Å²) in [5.41, 5.74) is 6.84. The summed E-state index contributed by atoms with van der Waals surface area (Å²) in [6.07, 6.45) is 4.81. The fraction of sp³-hybridized carbons (Fsp3) is 0.632. The number of carbonyl (C=O) groups is 1. The van der Waals surface area contributed by atoms with E-state index >= 15 is 0 Å². The van der Waals surface area contributed by atoms with Crippen LogP contribution in [0.1, 0.15) is 37.7 Å². The van der Waals surface area contributed by atoms with Crippen molar-refractivity contribution in [3.8, 4) is 0 Å². The summed E-state index contributed by atoms with van der Waals surface area (Å²) < 4.78 is 31.9. The Bertz CT molecular complexity index is 722. The molecule has 1 heterocycles. The van der Waals surface area contributed by atoms with E-state index in [2.05, 4.69) is 5.32 Å². The molecule has 1 aliphatic heterocycles. The zero-order valence-corrected chi connectivity index (χ0v) is 16.4. The number of hydrogen-bond donors (Lipinski definition) is 2. The third kappa shape index (κ3) is 5.51. The second-order valence-corrected chi connectivity index (χ2v) is 9.28. The smallest absolute Gasteiger partial charge is 0.243 e. The highest BCUT2D eigenvalue weighted by Crippen LogP contribution is 2.19. The molecule has 0 spiro atoms. The van der Waals surface area contributed by atoms with Crippen LogP contribution < -0.4 is 11.1 Å². The molecule has 1 saturated heterocycles. The Balaban J connectivity index is 1.49. The van der Waals surface area contributed by atoms with Crippen LogP contribution in [0.5, 0.6) is 0 Å². The molecular formula is C19H29N3O4S. The Labute approximate surface area is 161 Å². The highest BCUT2D eigenvalue weighted by atomic mass is 32.2. The molecule has 1 aliphatic carbocycles. The van der Waals surface area contributed by atoms with Gasteiger partial charge in [-0.25, -0.2) is 8.42 Å². The SMILES string of the molecule is NC1CCC(NC(=O)CCc2ccc(S(=O)(=O)N3CCOCC3)cc2)CC1. The van der Waals surface area contributed by atoms with Gasteiger partial charge in [0, 0.05) is 31.6 Å². The molecule has 27 heavy (non-hydrogen) atoms. The first kappa shape index (κ1) is 20.3. The molecule has 2 fully saturated rings. The summed E-state index contributed by atoms with van der Waals surface area (Å²) in [4.78, 5) is 12.4. The quantitative estimate of drug-likeness (QED) is 0.749. The molecule has 150 valence electrons. The van der Waals surface area contributed by atoms with Gasteiger partial charge in [0.1, 0.15) is 0 Å². The zero-order chi connectivity index (χ0) is 19.3. The minimum atomic E-state index is -3.47. The van der Waals surface area contributed by atoms with E-state index in [4.69, 9.17) is 10.5 Å². The van der Waals surface area contributed by atoms with Gasteiger partial charge < -0.3 is 15.8 Å². The van der Waals surface area contributed by atoms with Crippen molar-refractivity contribution in [3.05, 3.63) is 29.8 Å². The number of sulfonamides is 1. The number of morpholine rings is 1. The summed E-state index contributed by atoms with van der Waals surface area (Å²) in [7, 11) is -3.47. The molecule has 0 unspecified atom stereocenters. The molecule has 0 radical (unpaired) electrons. The van der Waals surface area contributed by atoms with Crippen LogP contribution in [0, 0.1) is 0 Å². The number of carbonyl (C=O) groups excluding carboxylic acids is 1. The second kappa shape index (κ2) is 9.14. The number of rotatable bonds is 6. The first-order valence-electron chi connectivity index (χ1n) is 9.67. The van der Waals surface area contributed by atoms with E-state index in [-0.39, 0.29) is 22.9 Å². The Hall–Kier alpha value is -1.48. The number of nitrogens with two attached hydrogens (primary N) is 1. The molecule has 1 aromatic carbocycles. The van der Waals surface area contributed by atoms with Crippen molar-refractivity contribution >= 4 is 15.9 Å². The minimum absolute atomic E-state index is 0.0421. The molecule has 3 rings (SSSR count). The molecule has 0 bridgehead atoms. The van der Waals surface area contributed by atoms with Crippen LogP contribution in [-0.4, -0.2) is 57.0 Å². The average molecular weight is 396 g/mol. The van der Waals surface area contributed by atoms with Crippen molar-refractivity contribution in [1.82, 2.24) is 9.62 Å². The molecule has 0 atom stereocenters. The van der Waals surface area contributed by atoms with E-state index in [0.29, 0.717) is 39.1 Å². The number of nitrogens with one attached hydrogen (secondary N) is 1. The predicted octanol–water partition coefficient (Wildman–Crippen LogP) is 1.03. The third-order valence-electron chi connectivity index (χ3n) is 5.31. The Morgan fingerprint density at radius 2 is 1.74 bits per heavy atom. The van der Waals surface area contributed by atoms with Crippen LogP contribution in [0.15, 0.2) is 29.2 Å². The van der Waals surface area contributed by atoms with Gasteiger partial charge >= 0.3 is 0 Å². The highest BCUT2D eigenvalue weighted by molar-refractivity contribution is 7.89. The Morgan fingerprint density at radius 3 is 2.37 bits per heavy atom. The fourth-order valence-electron chi connectivity index (χ4n) is 3.59. The third-order valence-corrected chi connectivity index (χ3v) is 7.22. The van der Waals surface area contributed by atoms with E-state index in [1.807, 2.05) is 0 Å². The molecule has 1 amide bonds. The van der Waals surface area contributed by atoms with Crippen molar-refractivity contribution < 1.29 is 17.9 Å². The first-order chi connectivity index (χ1) is 12.9. The number of nitrogens with zero attached hydrogens (tertiary/aromatic N) is 1. The summed E-state index contributed by atoms with van der Waals surface area (Å²) in [6.45, 7) is 1.63. The number of amides is 1.